The van der Waals surface area contributed by atoms with Gasteiger partial charge < -0.3 is 5.11 Å². The maximum Gasteiger partial charge on any atom is 0.131 e. The Labute approximate surface area is 114 Å². The number of benzene rings is 2. The highest BCUT2D eigenvalue weighted by Crippen LogP contribution is 2.34. The average Bonchev–Trinajstić information content (AvgIpc) is 2.89. The summed E-state index contributed by atoms with van der Waals surface area (Å²) in [7, 11) is 0. The van der Waals surface area contributed by atoms with Crippen LogP contribution in [0.1, 0.15) is 17.9 Å². The van der Waals surface area contributed by atoms with Crippen molar-refractivity contribution in [1.82, 2.24) is 4.98 Å². The fourth-order valence-electron chi connectivity index (χ4n) is 2.05. The van der Waals surface area contributed by atoms with Gasteiger partial charge in [0.15, 0.2) is 0 Å². The van der Waals surface area contributed by atoms with Crippen molar-refractivity contribution in [3.8, 4) is 10.6 Å². The fraction of sp³-hybridized carbons (Fsp3) is 0.133. The van der Waals surface area contributed by atoms with Gasteiger partial charge in [-0.05, 0) is 24.4 Å². The molecule has 1 aromatic heterocycles. The Bertz CT molecular complexity index is 736. The van der Waals surface area contributed by atoms with E-state index in [4.69, 9.17) is 0 Å². The maximum absolute atomic E-state index is 13.8. The lowest BCUT2D eigenvalue weighted by Crippen LogP contribution is -1.84. The third kappa shape index (κ3) is 2.13. The zero-order valence-electron chi connectivity index (χ0n) is 10.3. The second-order valence-electron chi connectivity index (χ2n) is 4.38. The molecule has 0 fully saturated rings. The van der Waals surface area contributed by atoms with E-state index in [1.54, 1.807) is 25.3 Å². The van der Waals surface area contributed by atoms with Crippen LogP contribution in [0.25, 0.3) is 21.3 Å². The fourth-order valence-corrected chi connectivity index (χ4v) is 2.95. The van der Waals surface area contributed by atoms with Crippen LogP contribution in [-0.2, 0) is 0 Å². The first-order valence-electron chi connectivity index (χ1n) is 5.98. The quantitative estimate of drug-likeness (QED) is 0.760. The first-order valence-corrected chi connectivity index (χ1v) is 6.80. The van der Waals surface area contributed by atoms with Crippen LogP contribution >= 0.6 is 11.3 Å². The standard InChI is InChI=1S/C15H12FNOS/c1-9(18)14-8-17-15(19-14)12-6-7-13(16)11-5-3-2-4-10(11)12/h2-9,18H,1H3. The van der Waals surface area contributed by atoms with Crippen molar-refractivity contribution in [2.45, 2.75) is 13.0 Å². The summed E-state index contributed by atoms with van der Waals surface area (Å²) < 4.78 is 13.8. The van der Waals surface area contributed by atoms with Crippen molar-refractivity contribution >= 4 is 22.1 Å². The summed E-state index contributed by atoms with van der Waals surface area (Å²) in [5.74, 6) is -0.230. The predicted octanol–water partition coefficient (Wildman–Crippen LogP) is 4.16. The normalized spacial score (nSPS) is 12.8. The molecule has 96 valence electrons. The van der Waals surface area contributed by atoms with Gasteiger partial charge in [0.2, 0.25) is 0 Å². The number of aliphatic hydroxyl groups is 1. The van der Waals surface area contributed by atoms with Crippen molar-refractivity contribution in [2.75, 3.05) is 0 Å². The Kier molecular flexibility index (Phi) is 3.05. The predicted molar refractivity (Wildman–Crippen MR) is 75.6 cm³/mol. The van der Waals surface area contributed by atoms with Crippen molar-refractivity contribution in [3.05, 3.63) is 53.3 Å². The Balaban J connectivity index is 2.22. The monoisotopic (exact) mass is 273 g/mol. The smallest absolute Gasteiger partial charge is 0.131 e. The number of halogens is 1. The molecule has 1 N–H and O–H groups in total. The van der Waals surface area contributed by atoms with Crippen LogP contribution in [0.5, 0.6) is 0 Å². The third-order valence-electron chi connectivity index (χ3n) is 3.04. The van der Waals surface area contributed by atoms with Crippen LogP contribution < -0.4 is 0 Å². The number of fused-ring (bicyclic) bond motifs is 1. The molecule has 4 heteroatoms. The average molecular weight is 273 g/mol. The van der Waals surface area contributed by atoms with Gasteiger partial charge >= 0.3 is 0 Å². The summed E-state index contributed by atoms with van der Waals surface area (Å²) in [6, 6.07) is 10.5. The van der Waals surface area contributed by atoms with Gasteiger partial charge in [-0.1, -0.05) is 24.3 Å². The maximum atomic E-state index is 13.8. The molecule has 0 amide bonds. The molecule has 0 saturated heterocycles. The van der Waals surface area contributed by atoms with Gasteiger partial charge in [-0.3, -0.25) is 0 Å². The van der Waals surface area contributed by atoms with E-state index in [1.165, 1.54) is 17.4 Å². The number of hydrogen-bond donors (Lipinski definition) is 1. The van der Waals surface area contributed by atoms with Crippen LogP contribution in [0, 0.1) is 5.82 Å². The molecular weight excluding hydrogens is 261 g/mol. The number of nitrogens with zero attached hydrogens (tertiary/aromatic N) is 1. The first-order chi connectivity index (χ1) is 9.16. The van der Waals surface area contributed by atoms with Crippen molar-refractivity contribution < 1.29 is 9.50 Å². The first kappa shape index (κ1) is 12.3. The number of rotatable bonds is 2. The van der Waals surface area contributed by atoms with Gasteiger partial charge in [0, 0.05) is 17.1 Å². The molecule has 19 heavy (non-hydrogen) atoms. The largest absolute Gasteiger partial charge is 0.388 e. The molecule has 1 heterocycles. The zero-order chi connectivity index (χ0) is 13.4. The Morgan fingerprint density at radius 1 is 1.16 bits per heavy atom. The summed E-state index contributed by atoms with van der Waals surface area (Å²) in [5, 5.41) is 11.8. The molecule has 2 nitrogen and oxygen atoms in total. The molecule has 0 aliphatic carbocycles. The molecule has 0 aliphatic rings. The van der Waals surface area contributed by atoms with Gasteiger partial charge in [-0.2, -0.15) is 0 Å². The van der Waals surface area contributed by atoms with Gasteiger partial charge in [0.05, 0.1) is 11.0 Å². The summed E-state index contributed by atoms with van der Waals surface area (Å²) in [6.07, 6.45) is 1.14. The lowest BCUT2D eigenvalue weighted by Gasteiger charge is -2.04. The molecule has 1 unspecified atom stereocenters. The molecule has 1 atom stereocenters. The van der Waals surface area contributed by atoms with Crippen LogP contribution in [0.15, 0.2) is 42.6 Å². The van der Waals surface area contributed by atoms with Crippen LogP contribution in [0.4, 0.5) is 4.39 Å². The minimum Gasteiger partial charge on any atom is -0.388 e. The van der Waals surface area contributed by atoms with E-state index >= 15 is 0 Å². The Morgan fingerprint density at radius 2 is 1.89 bits per heavy atom. The highest BCUT2D eigenvalue weighted by Gasteiger charge is 2.12. The molecule has 3 rings (SSSR count). The summed E-state index contributed by atoms with van der Waals surface area (Å²) >= 11 is 1.43. The Hall–Kier alpha value is -1.78. The molecular formula is C15H12FNOS. The van der Waals surface area contributed by atoms with E-state index in [2.05, 4.69) is 4.98 Å². The van der Waals surface area contributed by atoms with Gasteiger partial charge in [0.25, 0.3) is 0 Å². The lowest BCUT2D eigenvalue weighted by molar-refractivity contribution is 0.203. The van der Waals surface area contributed by atoms with E-state index in [-0.39, 0.29) is 5.82 Å². The molecule has 3 aromatic rings. The second-order valence-corrected chi connectivity index (χ2v) is 5.45. The third-order valence-corrected chi connectivity index (χ3v) is 4.24. The highest BCUT2D eigenvalue weighted by molar-refractivity contribution is 7.15. The minimum atomic E-state index is -0.530. The highest BCUT2D eigenvalue weighted by atomic mass is 32.1. The summed E-state index contributed by atoms with van der Waals surface area (Å²) in [4.78, 5) is 5.13. The molecule has 0 saturated carbocycles. The van der Waals surface area contributed by atoms with Crippen molar-refractivity contribution in [3.63, 3.8) is 0 Å². The number of hydrogen-bond acceptors (Lipinski definition) is 3. The second kappa shape index (κ2) is 4.72. The Morgan fingerprint density at radius 3 is 2.58 bits per heavy atom. The van der Waals surface area contributed by atoms with Gasteiger partial charge in [-0.15, -0.1) is 11.3 Å². The summed E-state index contributed by atoms with van der Waals surface area (Å²) in [5.41, 5.74) is 0.897. The molecule has 0 spiro atoms. The lowest BCUT2D eigenvalue weighted by atomic mass is 10.0. The van der Waals surface area contributed by atoms with E-state index in [1.807, 2.05) is 18.2 Å². The number of thiazole rings is 1. The van der Waals surface area contributed by atoms with E-state index in [0.717, 1.165) is 20.8 Å². The zero-order valence-corrected chi connectivity index (χ0v) is 11.1. The van der Waals surface area contributed by atoms with Gasteiger partial charge in [-0.25, -0.2) is 9.37 Å². The topological polar surface area (TPSA) is 33.1 Å². The van der Waals surface area contributed by atoms with Crippen molar-refractivity contribution in [2.24, 2.45) is 0 Å². The molecule has 0 radical (unpaired) electrons. The van der Waals surface area contributed by atoms with Crippen LogP contribution in [0.3, 0.4) is 0 Å². The SMILES string of the molecule is CC(O)c1cnc(-c2ccc(F)c3ccccc23)s1. The van der Waals surface area contributed by atoms with E-state index in [0.29, 0.717) is 5.39 Å². The molecule has 2 aromatic carbocycles. The van der Waals surface area contributed by atoms with Gasteiger partial charge in [0.1, 0.15) is 10.8 Å². The van der Waals surface area contributed by atoms with Crippen LogP contribution in [0.2, 0.25) is 0 Å². The van der Waals surface area contributed by atoms with Crippen LogP contribution in [-0.4, -0.2) is 10.1 Å². The summed E-state index contributed by atoms with van der Waals surface area (Å²) in [6.45, 7) is 1.71. The van der Waals surface area contributed by atoms with E-state index in [9.17, 15) is 9.50 Å². The van der Waals surface area contributed by atoms with Crippen molar-refractivity contribution in [1.29, 1.82) is 0 Å². The number of aromatic nitrogens is 1. The molecule has 0 bridgehead atoms. The van der Waals surface area contributed by atoms with E-state index < -0.39 is 6.10 Å². The molecule has 0 aliphatic heterocycles. The number of aliphatic hydroxyl groups excluding tert-OH is 1. The minimum absolute atomic E-state index is 0.230.